The van der Waals surface area contributed by atoms with E-state index in [0.717, 1.165) is 34.3 Å². The molecule has 0 amide bonds. The molecule has 52 heavy (non-hydrogen) atoms. The second-order valence-electron chi connectivity index (χ2n) is 14.8. The summed E-state index contributed by atoms with van der Waals surface area (Å²) in [7, 11) is 0. The molecule has 0 saturated heterocycles. The van der Waals surface area contributed by atoms with Gasteiger partial charge in [0.2, 0.25) is 0 Å². The molecule has 0 bridgehead atoms. The predicted octanol–water partition coefficient (Wildman–Crippen LogP) is 12.2. The quantitative estimate of drug-likeness (QED) is 0.142. The van der Waals surface area contributed by atoms with Gasteiger partial charge in [-0.25, -0.2) is 4.98 Å². The van der Waals surface area contributed by atoms with Gasteiger partial charge >= 0.3 is 0 Å². The number of nitrogens with zero attached hydrogens (tertiary/aromatic N) is 4. The van der Waals surface area contributed by atoms with Crippen molar-refractivity contribution in [3.05, 3.63) is 176 Å². The zero-order valence-corrected chi connectivity index (χ0v) is 32.7. The number of hydrogen-bond acceptors (Lipinski definition) is 5. The molecule has 7 rings (SSSR count). The third-order valence-electron chi connectivity index (χ3n) is 8.88. The van der Waals surface area contributed by atoms with Crippen molar-refractivity contribution in [2.45, 2.75) is 47.0 Å². The molecular weight excluding hydrogens is 820 g/mol. The van der Waals surface area contributed by atoms with E-state index in [1.807, 2.05) is 60.8 Å². The van der Waals surface area contributed by atoms with Gasteiger partial charge in [-0.05, 0) is 64.7 Å². The molecule has 0 aliphatic carbocycles. The Morgan fingerprint density at radius 1 is 0.654 bits per heavy atom. The van der Waals surface area contributed by atoms with Crippen LogP contribution in [0.1, 0.15) is 47.1 Å². The molecule has 1 aliphatic heterocycles. The van der Waals surface area contributed by atoms with Gasteiger partial charge in [0.15, 0.2) is 0 Å². The van der Waals surface area contributed by atoms with Gasteiger partial charge in [-0.3, -0.25) is 0 Å². The van der Waals surface area contributed by atoms with Gasteiger partial charge in [-0.1, -0.05) is 108 Å². The first-order chi connectivity index (χ1) is 24.5. The van der Waals surface area contributed by atoms with Crippen molar-refractivity contribution in [3.8, 4) is 22.6 Å². The van der Waals surface area contributed by atoms with Crippen LogP contribution in [-0.2, 0) is 26.5 Å². The Morgan fingerprint density at radius 3 is 1.96 bits per heavy atom. The average molecular weight is 863 g/mol. The summed E-state index contributed by atoms with van der Waals surface area (Å²) in [5, 5.41) is 0. The van der Waals surface area contributed by atoms with Crippen molar-refractivity contribution in [1.82, 2.24) is 4.98 Å². The van der Waals surface area contributed by atoms with Gasteiger partial charge in [0.1, 0.15) is 5.82 Å². The summed E-state index contributed by atoms with van der Waals surface area (Å²) in [6.45, 7) is 15.4. The summed E-state index contributed by atoms with van der Waals surface area (Å²) in [6.07, 6.45) is 4.08. The fraction of sp³-hybridized carbons (Fsp3) is 0.174. The van der Waals surface area contributed by atoms with Crippen LogP contribution >= 0.6 is 0 Å². The fourth-order valence-corrected chi connectivity index (χ4v) is 6.12. The van der Waals surface area contributed by atoms with Gasteiger partial charge in [-0.2, -0.15) is 12.1 Å². The first kappa shape index (κ1) is 36.7. The van der Waals surface area contributed by atoms with Crippen molar-refractivity contribution in [2.75, 3.05) is 14.7 Å². The molecule has 5 aromatic carbocycles. The molecule has 0 N–H and O–H groups in total. The number of rotatable bonds is 8. The monoisotopic (exact) mass is 862 g/mol. The van der Waals surface area contributed by atoms with E-state index in [1.165, 1.54) is 16.7 Å². The van der Waals surface area contributed by atoms with Crippen LogP contribution in [0.15, 0.2) is 152 Å². The van der Waals surface area contributed by atoms with Crippen LogP contribution in [0.3, 0.4) is 0 Å². The van der Waals surface area contributed by atoms with Gasteiger partial charge in [0, 0.05) is 61.2 Å². The fourth-order valence-electron chi connectivity index (χ4n) is 6.12. The second-order valence-corrected chi connectivity index (χ2v) is 14.8. The number of benzene rings is 5. The molecule has 0 atom stereocenters. The molecule has 5 nitrogen and oxygen atoms in total. The SMILES string of the molecule is CC(C)(C)C1=CN(c2ccc(-c3ccccc3)cc2)[CH-]N1c1[c-]c(Oc2[c-]c(N(c3ccccc3)c3cc(C(C)(C)C)ccn3)ccc2)ccc1.[Pt]. The minimum Gasteiger partial charge on any atom is -0.509 e. The van der Waals surface area contributed by atoms with Crippen LogP contribution in [0.2, 0.25) is 0 Å². The Hall–Kier alpha value is -5.12. The Bertz CT molecular complexity index is 2130. The second kappa shape index (κ2) is 15.2. The van der Waals surface area contributed by atoms with Crippen LogP contribution in [-0.4, -0.2) is 4.98 Å². The van der Waals surface area contributed by atoms with Crippen molar-refractivity contribution in [3.63, 3.8) is 0 Å². The van der Waals surface area contributed by atoms with E-state index in [-0.39, 0.29) is 31.9 Å². The predicted molar refractivity (Wildman–Crippen MR) is 210 cm³/mol. The minimum absolute atomic E-state index is 0. The molecule has 6 aromatic rings. The Kier molecular flexibility index (Phi) is 10.7. The van der Waals surface area contributed by atoms with Gasteiger partial charge < -0.3 is 19.4 Å². The Labute approximate surface area is 323 Å². The largest absolute Gasteiger partial charge is 0.509 e. The average Bonchev–Trinajstić information content (AvgIpc) is 3.60. The normalized spacial score (nSPS) is 13.0. The molecule has 266 valence electrons. The Morgan fingerprint density at radius 2 is 1.29 bits per heavy atom. The number of para-hydroxylation sites is 1. The Balaban J connectivity index is 0.00000464. The summed E-state index contributed by atoms with van der Waals surface area (Å²) >= 11 is 0. The number of hydrogen-bond donors (Lipinski definition) is 0. The molecular formula is C46H43N4OPt-3. The van der Waals surface area contributed by atoms with E-state index in [4.69, 9.17) is 9.72 Å². The van der Waals surface area contributed by atoms with Crippen molar-refractivity contribution in [1.29, 1.82) is 0 Å². The molecule has 0 unspecified atom stereocenters. The number of pyridine rings is 1. The smallest absolute Gasteiger partial charge is 0.135 e. The van der Waals surface area contributed by atoms with Crippen LogP contribution in [0.5, 0.6) is 11.5 Å². The van der Waals surface area contributed by atoms with Crippen molar-refractivity contribution in [2.24, 2.45) is 5.41 Å². The molecule has 0 saturated carbocycles. The number of anilines is 5. The van der Waals surface area contributed by atoms with Gasteiger partial charge in [-0.15, -0.1) is 48.8 Å². The van der Waals surface area contributed by atoms with Crippen LogP contribution < -0.4 is 19.4 Å². The molecule has 6 heteroatoms. The molecule has 0 spiro atoms. The molecule has 1 aromatic heterocycles. The summed E-state index contributed by atoms with van der Waals surface area (Å²) in [6, 6.07) is 52.6. The maximum atomic E-state index is 6.47. The maximum Gasteiger partial charge on any atom is 0.135 e. The minimum atomic E-state index is -0.124. The van der Waals surface area contributed by atoms with Crippen molar-refractivity contribution >= 4 is 28.6 Å². The molecule has 0 radical (unpaired) electrons. The molecule has 2 heterocycles. The molecule has 1 aliphatic rings. The first-order valence-electron chi connectivity index (χ1n) is 17.4. The summed E-state index contributed by atoms with van der Waals surface area (Å²) in [5.41, 5.74) is 8.40. The van der Waals surface area contributed by atoms with Crippen LogP contribution in [0.25, 0.3) is 11.1 Å². The number of allylic oxidation sites excluding steroid dienone is 1. The van der Waals surface area contributed by atoms with E-state index in [2.05, 4.69) is 160 Å². The summed E-state index contributed by atoms with van der Waals surface area (Å²) in [5.74, 6) is 2.01. The van der Waals surface area contributed by atoms with Crippen LogP contribution in [0.4, 0.5) is 28.6 Å². The van der Waals surface area contributed by atoms with E-state index < -0.39 is 0 Å². The van der Waals surface area contributed by atoms with E-state index in [0.29, 0.717) is 11.5 Å². The number of ether oxygens (including phenoxy) is 1. The van der Waals surface area contributed by atoms with Gasteiger partial charge in [0.05, 0.1) is 0 Å². The summed E-state index contributed by atoms with van der Waals surface area (Å²) in [4.78, 5) is 11.3. The maximum absolute atomic E-state index is 6.47. The topological polar surface area (TPSA) is 31.8 Å². The standard InChI is InChI=1S/C46H43N4O.Pt/c1-45(2,3)36-27-28-47-44(29-36)50(38-17-11-8-12-18-38)40-20-14-22-42(31-40)51-41-21-13-19-39(30-41)49-33-48(32-43(49)46(4,5)6)37-25-23-35(24-26-37)34-15-9-7-10-16-34;/h7-29,32-33H,1-6H3;/q-3;. The molecule has 0 fully saturated rings. The van der Waals surface area contributed by atoms with Crippen molar-refractivity contribution < 1.29 is 25.8 Å². The number of aromatic nitrogens is 1. The zero-order valence-electron chi connectivity index (χ0n) is 30.4. The van der Waals surface area contributed by atoms with Gasteiger partial charge in [0.25, 0.3) is 0 Å². The van der Waals surface area contributed by atoms with E-state index in [1.54, 1.807) is 0 Å². The van der Waals surface area contributed by atoms with E-state index in [9.17, 15) is 0 Å². The van der Waals surface area contributed by atoms with Crippen LogP contribution in [0, 0.1) is 24.2 Å². The first-order valence-corrected chi connectivity index (χ1v) is 17.4. The summed E-state index contributed by atoms with van der Waals surface area (Å²) < 4.78 is 6.47. The third-order valence-corrected chi connectivity index (χ3v) is 8.88. The van der Waals surface area contributed by atoms with E-state index >= 15 is 0 Å². The zero-order chi connectivity index (χ0) is 35.6. The third kappa shape index (κ3) is 8.16.